The maximum Gasteiger partial charge on any atom is 0.0330 e. The summed E-state index contributed by atoms with van der Waals surface area (Å²) in [6.45, 7) is 6.45. The molecule has 1 aliphatic rings. The fraction of sp³-hybridized carbons (Fsp3) is 1.00. The Morgan fingerprint density at radius 1 is 1.30 bits per heavy atom. The monoisotopic (exact) mass is 142 g/mol. The summed E-state index contributed by atoms with van der Waals surface area (Å²) in [6, 6.07) is 0.183. The molecule has 2 heteroatoms. The lowest BCUT2D eigenvalue weighted by Crippen LogP contribution is -2.56. The molecule has 2 unspecified atom stereocenters. The van der Waals surface area contributed by atoms with Crippen molar-refractivity contribution in [3.8, 4) is 0 Å². The second-order valence-electron chi connectivity index (χ2n) is 4.31. The van der Waals surface area contributed by atoms with Gasteiger partial charge in [0.1, 0.15) is 0 Å². The zero-order chi connectivity index (χ0) is 7.99. The molecule has 0 aliphatic heterocycles. The summed E-state index contributed by atoms with van der Waals surface area (Å²) < 4.78 is 0. The van der Waals surface area contributed by atoms with E-state index in [1.165, 1.54) is 0 Å². The maximum absolute atomic E-state index is 6.07. The number of hydrogen-bond acceptors (Lipinski definition) is 2. The molecule has 1 rings (SSSR count). The van der Waals surface area contributed by atoms with Gasteiger partial charge in [0.25, 0.3) is 0 Å². The quantitative estimate of drug-likeness (QED) is 0.527. The molecule has 0 radical (unpaired) electrons. The Balaban J connectivity index is 2.84. The lowest BCUT2D eigenvalue weighted by Gasteiger charge is -2.37. The Morgan fingerprint density at radius 3 is 1.90 bits per heavy atom. The third-order valence-electron chi connectivity index (χ3n) is 3.31. The van der Waals surface area contributed by atoms with Gasteiger partial charge in [-0.3, -0.25) is 0 Å². The molecule has 0 saturated heterocycles. The number of nitrogens with two attached hydrogens (primary N) is 2. The van der Waals surface area contributed by atoms with E-state index in [-0.39, 0.29) is 17.0 Å². The van der Waals surface area contributed by atoms with Crippen LogP contribution in [-0.2, 0) is 0 Å². The van der Waals surface area contributed by atoms with Crippen molar-refractivity contribution >= 4 is 0 Å². The minimum absolute atomic E-state index is 0.174. The van der Waals surface area contributed by atoms with E-state index >= 15 is 0 Å². The molecule has 0 aromatic carbocycles. The molecule has 0 aromatic heterocycles. The first kappa shape index (κ1) is 8.02. The van der Waals surface area contributed by atoms with Gasteiger partial charge >= 0.3 is 0 Å². The van der Waals surface area contributed by atoms with Gasteiger partial charge in [0, 0.05) is 11.6 Å². The molecule has 4 N–H and O–H groups in total. The van der Waals surface area contributed by atoms with E-state index in [0.29, 0.717) is 0 Å². The lowest BCUT2D eigenvalue weighted by molar-refractivity contribution is 0.215. The molecule has 1 saturated carbocycles. The van der Waals surface area contributed by atoms with Gasteiger partial charge in [-0.05, 0) is 25.2 Å². The fourth-order valence-electron chi connectivity index (χ4n) is 1.59. The topological polar surface area (TPSA) is 52.0 Å². The van der Waals surface area contributed by atoms with E-state index in [2.05, 4.69) is 20.8 Å². The van der Waals surface area contributed by atoms with Crippen LogP contribution >= 0.6 is 0 Å². The largest absolute Gasteiger partial charge is 0.326 e. The molecule has 1 fully saturated rings. The average molecular weight is 142 g/mol. The van der Waals surface area contributed by atoms with Gasteiger partial charge in [-0.25, -0.2) is 0 Å². The highest BCUT2D eigenvalue weighted by atomic mass is 14.9. The molecule has 60 valence electrons. The van der Waals surface area contributed by atoms with Crippen molar-refractivity contribution < 1.29 is 0 Å². The highest BCUT2D eigenvalue weighted by Gasteiger charge is 2.47. The average Bonchev–Trinajstić information content (AvgIpc) is 1.94. The highest BCUT2D eigenvalue weighted by molar-refractivity contribution is 5.07. The summed E-state index contributed by atoms with van der Waals surface area (Å²) in [7, 11) is 0. The summed E-state index contributed by atoms with van der Waals surface area (Å²) >= 11 is 0. The third kappa shape index (κ3) is 0.867. The predicted octanol–water partition coefficient (Wildman–Crippen LogP) is 0.851. The molecule has 2 atom stereocenters. The number of hydrogen-bond donors (Lipinski definition) is 2. The smallest absolute Gasteiger partial charge is 0.0330 e. The minimum atomic E-state index is -0.174. The molecular formula is C8H18N2. The Kier molecular flexibility index (Phi) is 1.57. The van der Waals surface area contributed by atoms with Gasteiger partial charge in [0.2, 0.25) is 0 Å². The Hall–Kier alpha value is -0.0800. The predicted molar refractivity (Wildman–Crippen MR) is 43.6 cm³/mol. The van der Waals surface area contributed by atoms with Crippen molar-refractivity contribution in [2.24, 2.45) is 16.9 Å². The molecule has 0 spiro atoms. The van der Waals surface area contributed by atoms with Crippen LogP contribution in [0.5, 0.6) is 0 Å². The second-order valence-corrected chi connectivity index (χ2v) is 4.31. The SMILES string of the molecule is CC1(C)CCC(N)C1(C)N. The first-order chi connectivity index (χ1) is 4.38. The van der Waals surface area contributed by atoms with Crippen molar-refractivity contribution in [3.05, 3.63) is 0 Å². The van der Waals surface area contributed by atoms with E-state index in [0.717, 1.165) is 12.8 Å². The van der Waals surface area contributed by atoms with Gasteiger partial charge in [-0.2, -0.15) is 0 Å². The Bertz CT molecular complexity index is 138. The third-order valence-corrected chi connectivity index (χ3v) is 3.31. The summed E-state index contributed by atoms with van der Waals surface area (Å²) in [6.07, 6.45) is 2.22. The highest BCUT2D eigenvalue weighted by Crippen LogP contribution is 2.42. The van der Waals surface area contributed by atoms with E-state index in [1.807, 2.05) is 0 Å². The van der Waals surface area contributed by atoms with Crippen LogP contribution in [0, 0.1) is 5.41 Å². The number of rotatable bonds is 0. The molecular weight excluding hydrogens is 124 g/mol. The van der Waals surface area contributed by atoms with Crippen LogP contribution < -0.4 is 11.5 Å². The molecule has 10 heavy (non-hydrogen) atoms. The van der Waals surface area contributed by atoms with Crippen molar-refractivity contribution in [1.82, 2.24) is 0 Å². The van der Waals surface area contributed by atoms with Crippen LogP contribution in [0.4, 0.5) is 0 Å². The van der Waals surface area contributed by atoms with Gasteiger partial charge in [-0.1, -0.05) is 13.8 Å². The van der Waals surface area contributed by atoms with Crippen LogP contribution in [0.3, 0.4) is 0 Å². The van der Waals surface area contributed by atoms with E-state index < -0.39 is 0 Å². The van der Waals surface area contributed by atoms with Crippen molar-refractivity contribution in [1.29, 1.82) is 0 Å². The van der Waals surface area contributed by atoms with Crippen LogP contribution in [0.25, 0.3) is 0 Å². The summed E-state index contributed by atoms with van der Waals surface area (Å²) in [5, 5.41) is 0. The first-order valence-corrected chi connectivity index (χ1v) is 3.92. The molecule has 0 aromatic rings. The molecule has 1 aliphatic carbocycles. The van der Waals surface area contributed by atoms with Crippen molar-refractivity contribution in [2.45, 2.75) is 45.2 Å². The van der Waals surface area contributed by atoms with E-state index in [1.54, 1.807) is 0 Å². The Morgan fingerprint density at radius 2 is 1.80 bits per heavy atom. The van der Waals surface area contributed by atoms with E-state index in [9.17, 15) is 0 Å². The van der Waals surface area contributed by atoms with Crippen molar-refractivity contribution in [2.75, 3.05) is 0 Å². The van der Waals surface area contributed by atoms with Gasteiger partial charge < -0.3 is 11.5 Å². The maximum atomic E-state index is 6.07. The summed E-state index contributed by atoms with van der Waals surface area (Å²) in [5.41, 5.74) is 12.0. The molecule has 0 bridgehead atoms. The van der Waals surface area contributed by atoms with Gasteiger partial charge in [-0.15, -0.1) is 0 Å². The molecule has 0 amide bonds. The summed E-state index contributed by atoms with van der Waals surface area (Å²) in [4.78, 5) is 0. The molecule has 2 nitrogen and oxygen atoms in total. The standard InChI is InChI=1S/C8H18N2/c1-7(2)5-4-6(9)8(7,3)10/h6H,4-5,9-10H2,1-3H3. The van der Waals surface area contributed by atoms with E-state index in [4.69, 9.17) is 11.5 Å². The van der Waals surface area contributed by atoms with Crippen LogP contribution in [-0.4, -0.2) is 11.6 Å². The van der Waals surface area contributed by atoms with Gasteiger partial charge in [0.05, 0.1) is 0 Å². The fourth-order valence-corrected chi connectivity index (χ4v) is 1.59. The lowest BCUT2D eigenvalue weighted by atomic mass is 9.76. The normalized spacial score (nSPS) is 45.9. The zero-order valence-corrected chi connectivity index (χ0v) is 7.15. The molecule has 0 heterocycles. The van der Waals surface area contributed by atoms with Crippen LogP contribution in [0.1, 0.15) is 33.6 Å². The second kappa shape index (κ2) is 1.95. The first-order valence-electron chi connectivity index (χ1n) is 3.92. The van der Waals surface area contributed by atoms with Crippen LogP contribution in [0.2, 0.25) is 0 Å². The zero-order valence-electron chi connectivity index (χ0n) is 7.15. The van der Waals surface area contributed by atoms with Crippen LogP contribution in [0.15, 0.2) is 0 Å². The van der Waals surface area contributed by atoms with Gasteiger partial charge in [0.15, 0.2) is 0 Å². The Labute approximate surface area is 63.0 Å². The van der Waals surface area contributed by atoms with Crippen molar-refractivity contribution in [3.63, 3.8) is 0 Å². The summed E-state index contributed by atoms with van der Waals surface area (Å²) in [5.74, 6) is 0. The minimum Gasteiger partial charge on any atom is -0.326 e.